The van der Waals surface area contributed by atoms with E-state index in [0.717, 1.165) is 12.8 Å². The molecule has 1 heterocycles. The van der Waals surface area contributed by atoms with Gasteiger partial charge in [-0.2, -0.15) is 0 Å². The zero-order valence-corrected chi connectivity index (χ0v) is 12.0. The van der Waals surface area contributed by atoms with Crippen LogP contribution in [0.2, 0.25) is 5.02 Å². The molecule has 0 radical (unpaired) electrons. The molecular formula is C14H18ClNO4. The summed E-state index contributed by atoms with van der Waals surface area (Å²) < 4.78 is 10.7. The van der Waals surface area contributed by atoms with Gasteiger partial charge >= 0.3 is 0 Å². The molecule has 1 aliphatic heterocycles. The minimum atomic E-state index is -0.283. The molecule has 0 spiro atoms. The lowest BCUT2D eigenvalue weighted by atomic mass is 10.1. The summed E-state index contributed by atoms with van der Waals surface area (Å²) in [6.07, 6.45) is 1.86. The third kappa shape index (κ3) is 3.62. The SMILES string of the molecule is COCC(NC(=O)c1ccc(Cl)c(O)c1)C1CCCO1. The Hall–Kier alpha value is -1.30. The zero-order chi connectivity index (χ0) is 14.5. The number of carbonyl (C=O) groups is 1. The van der Waals surface area contributed by atoms with Crippen LogP contribution < -0.4 is 5.32 Å². The van der Waals surface area contributed by atoms with E-state index in [1.54, 1.807) is 13.2 Å². The van der Waals surface area contributed by atoms with Crippen LogP contribution in [-0.4, -0.2) is 43.5 Å². The molecule has 2 N–H and O–H groups in total. The molecule has 0 aliphatic carbocycles. The van der Waals surface area contributed by atoms with E-state index in [4.69, 9.17) is 21.1 Å². The van der Waals surface area contributed by atoms with E-state index >= 15 is 0 Å². The van der Waals surface area contributed by atoms with E-state index in [2.05, 4.69) is 5.32 Å². The summed E-state index contributed by atoms with van der Waals surface area (Å²) in [5, 5.41) is 12.6. The first-order valence-electron chi connectivity index (χ1n) is 6.51. The zero-order valence-electron chi connectivity index (χ0n) is 11.3. The number of amides is 1. The summed E-state index contributed by atoms with van der Waals surface area (Å²) in [7, 11) is 1.59. The first-order valence-corrected chi connectivity index (χ1v) is 6.89. The van der Waals surface area contributed by atoms with Gasteiger partial charge in [0, 0.05) is 19.3 Å². The monoisotopic (exact) mass is 299 g/mol. The Morgan fingerprint density at radius 3 is 3.05 bits per heavy atom. The highest BCUT2D eigenvalue weighted by molar-refractivity contribution is 6.32. The first kappa shape index (κ1) is 15.1. The molecule has 1 aromatic rings. The molecular weight excluding hydrogens is 282 g/mol. The van der Waals surface area contributed by atoms with Crippen molar-refractivity contribution in [2.24, 2.45) is 0 Å². The van der Waals surface area contributed by atoms with Crippen LogP contribution >= 0.6 is 11.6 Å². The van der Waals surface area contributed by atoms with Gasteiger partial charge in [0.05, 0.1) is 23.8 Å². The summed E-state index contributed by atoms with van der Waals surface area (Å²) in [4.78, 5) is 12.2. The molecule has 110 valence electrons. The van der Waals surface area contributed by atoms with E-state index in [1.165, 1.54) is 12.1 Å². The molecule has 2 rings (SSSR count). The average molecular weight is 300 g/mol. The predicted molar refractivity (Wildman–Crippen MR) is 75.2 cm³/mol. The van der Waals surface area contributed by atoms with Crippen LogP contribution in [0.25, 0.3) is 0 Å². The second-order valence-corrected chi connectivity index (χ2v) is 5.16. The predicted octanol–water partition coefficient (Wildman–Crippen LogP) is 1.97. The quantitative estimate of drug-likeness (QED) is 0.872. The number of halogens is 1. The Bertz CT molecular complexity index is 474. The van der Waals surface area contributed by atoms with Gasteiger partial charge in [0.15, 0.2) is 0 Å². The summed E-state index contributed by atoms with van der Waals surface area (Å²) in [6, 6.07) is 4.20. The molecule has 1 fully saturated rings. The fourth-order valence-corrected chi connectivity index (χ4v) is 2.36. The van der Waals surface area contributed by atoms with Gasteiger partial charge in [-0.15, -0.1) is 0 Å². The third-order valence-corrected chi connectivity index (χ3v) is 3.60. The second-order valence-electron chi connectivity index (χ2n) is 4.75. The highest BCUT2D eigenvalue weighted by atomic mass is 35.5. The van der Waals surface area contributed by atoms with E-state index in [1.807, 2.05) is 0 Å². The number of methoxy groups -OCH3 is 1. The summed E-state index contributed by atoms with van der Waals surface area (Å²) in [5.74, 6) is -0.394. The number of ether oxygens (including phenoxy) is 2. The summed E-state index contributed by atoms with van der Waals surface area (Å²) in [6.45, 7) is 1.10. The average Bonchev–Trinajstić information content (AvgIpc) is 2.95. The number of hydrogen-bond acceptors (Lipinski definition) is 4. The van der Waals surface area contributed by atoms with Crippen molar-refractivity contribution < 1.29 is 19.4 Å². The van der Waals surface area contributed by atoms with Crippen molar-refractivity contribution in [3.05, 3.63) is 28.8 Å². The van der Waals surface area contributed by atoms with Crippen LogP contribution in [0.1, 0.15) is 23.2 Å². The number of nitrogens with one attached hydrogen (secondary N) is 1. The van der Waals surface area contributed by atoms with E-state index in [9.17, 15) is 9.90 Å². The minimum Gasteiger partial charge on any atom is -0.506 e. The first-order chi connectivity index (χ1) is 9.61. The van der Waals surface area contributed by atoms with Crippen LogP contribution in [0.5, 0.6) is 5.75 Å². The van der Waals surface area contributed by atoms with E-state index in [0.29, 0.717) is 18.8 Å². The van der Waals surface area contributed by atoms with Crippen LogP contribution in [0, 0.1) is 0 Å². The largest absolute Gasteiger partial charge is 0.506 e. The molecule has 6 heteroatoms. The fourth-order valence-electron chi connectivity index (χ4n) is 2.25. The lowest BCUT2D eigenvalue weighted by Gasteiger charge is -2.23. The van der Waals surface area contributed by atoms with Crippen molar-refractivity contribution in [1.29, 1.82) is 0 Å². The van der Waals surface area contributed by atoms with Gasteiger partial charge in [-0.25, -0.2) is 0 Å². The van der Waals surface area contributed by atoms with Gasteiger partial charge in [0.2, 0.25) is 0 Å². The molecule has 20 heavy (non-hydrogen) atoms. The van der Waals surface area contributed by atoms with Crippen molar-refractivity contribution in [3.63, 3.8) is 0 Å². The smallest absolute Gasteiger partial charge is 0.251 e. The molecule has 0 bridgehead atoms. The normalized spacial score (nSPS) is 19.8. The van der Waals surface area contributed by atoms with Crippen molar-refractivity contribution in [2.45, 2.75) is 25.0 Å². The van der Waals surface area contributed by atoms with Gasteiger partial charge in [-0.1, -0.05) is 11.6 Å². The van der Waals surface area contributed by atoms with E-state index < -0.39 is 0 Å². The lowest BCUT2D eigenvalue weighted by Crippen LogP contribution is -2.46. The molecule has 1 saturated heterocycles. The number of carbonyl (C=O) groups excluding carboxylic acids is 1. The summed E-state index contributed by atoms with van der Waals surface area (Å²) in [5.41, 5.74) is 0.353. The second kappa shape index (κ2) is 6.92. The lowest BCUT2D eigenvalue weighted by molar-refractivity contribution is 0.0403. The van der Waals surface area contributed by atoms with Crippen LogP contribution in [0.4, 0.5) is 0 Å². The van der Waals surface area contributed by atoms with Crippen molar-refractivity contribution in [1.82, 2.24) is 5.32 Å². The third-order valence-electron chi connectivity index (χ3n) is 3.28. The van der Waals surface area contributed by atoms with Crippen molar-refractivity contribution in [3.8, 4) is 5.75 Å². The number of benzene rings is 1. The standard InChI is InChI=1S/C14H18ClNO4/c1-19-8-11(13-3-2-6-20-13)16-14(18)9-4-5-10(15)12(17)7-9/h4-5,7,11,13,17H,2-3,6,8H2,1H3,(H,16,18). The van der Waals surface area contributed by atoms with Crippen LogP contribution in [0.3, 0.4) is 0 Å². The Morgan fingerprint density at radius 2 is 2.45 bits per heavy atom. The highest BCUT2D eigenvalue weighted by Gasteiger charge is 2.27. The highest BCUT2D eigenvalue weighted by Crippen LogP contribution is 2.24. The molecule has 5 nitrogen and oxygen atoms in total. The molecule has 1 aromatic carbocycles. The Morgan fingerprint density at radius 1 is 1.65 bits per heavy atom. The van der Waals surface area contributed by atoms with Gasteiger partial charge in [0.1, 0.15) is 5.75 Å². The Kier molecular flexibility index (Phi) is 5.23. The topological polar surface area (TPSA) is 67.8 Å². The van der Waals surface area contributed by atoms with Crippen molar-refractivity contribution >= 4 is 17.5 Å². The molecule has 0 saturated carbocycles. The Balaban J connectivity index is 2.05. The van der Waals surface area contributed by atoms with Gasteiger partial charge in [-0.3, -0.25) is 4.79 Å². The number of phenolic OH excluding ortho intramolecular Hbond substituents is 1. The summed E-state index contributed by atoms with van der Waals surface area (Å²) >= 11 is 5.72. The molecule has 2 unspecified atom stereocenters. The van der Waals surface area contributed by atoms with Crippen LogP contribution in [0.15, 0.2) is 18.2 Å². The van der Waals surface area contributed by atoms with Gasteiger partial charge < -0.3 is 19.9 Å². The molecule has 1 amide bonds. The number of hydrogen-bond donors (Lipinski definition) is 2. The molecule has 2 atom stereocenters. The number of phenols is 1. The Labute approximate surface area is 122 Å². The maximum absolute atomic E-state index is 12.2. The maximum atomic E-state index is 12.2. The van der Waals surface area contributed by atoms with Gasteiger partial charge in [-0.05, 0) is 31.0 Å². The molecule has 1 aliphatic rings. The molecule has 0 aromatic heterocycles. The van der Waals surface area contributed by atoms with Crippen molar-refractivity contribution in [2.75, 3.05) is 20.3 Å². The number of aromatic hydroxyl groups is 1. The van der Waals surface area contributed by atoms with Crippen LogP contribution in [-0.2, 0) is 9.47 Å². The maximum Gasteiger partial charge on any atom is 0.251 e. The van der Waals surface area contributed by atoms with E-state index in [-0.39, 0.29) is 28.8 Å². The fraction of sp³-hybridized carbons (Fsp3) is 0.500. The minimum absolute atomic E-state index is 0.0280. The van der Waals surface area contributed by atoms with Gasteiger partial charge in [0.25, 0.3) is 5.91 Å². The number of rotatable bonds is 5.